The molecule has 1 aliphatic heterocycles. The number of rotatable bonds is 10. The van der Waals surface area contributed by atoms with Gasteiger partial charge in [0.25, 0.3) is 5.91 Å². The second kappa shape index (κ2) is 12.7. The van der Waals surface area contributed by atoms with E-state index in [0.717, 1.165) is 46.4 Å². The molecule has 0 spiro atoms. The lowest BCUT2D eigenvalue weighted by Gasteiger charge is -2.37. The normalized spacial score (nSPS) is 23.4. The van der Waals surface area contributed by atoms with Crippen LogP contribution in [0, 0.1) is 17.2 Å². The summed E-state index contributed by atoms with van der Waals surface area (Å²) in [7, 11) is 9.03. The van der Waals surface area contributed by atoms with Crippen LogP contribution in [0.4, 0.5) is 0 Å². The SMILES string of the molecule is C=C(c1ccc2c(c1)CCc1cc(C(=O)N(C)C)ccc1C2(C[C@@H](C)NCC(=O)N1C(C#N)C[C@@H]2C[C@@H]21)C(=O)NNC)N(C)C. The maximum absolute atomic E-state index is 14.5. The van der Waals surface area contributed by atoms with Crippen LogP contribution in [0.15, 0.2) is 43.0 Å². The van der Waals surface area contributed by atoms with Crippen LogP contribution < -0.4 is 16.2 Å². The average Bonchev–Trinajstić information content (AvgIpc) is 3.71. The Hall–Kier alpha value is -4.20. The van der Waals surface area contributed by atoms with Crippen molar-refractivity contribution < 1.29 is 14.4 Å². The highest BCUT2D eigenvalue weighted by atomic mass is 16.2. The van der Waals surface area contributed by atoms with Gasteiger partial charge < -0.3 is 20.0 Å². The van der Waals surface area contributed by atoms with Crippen LogP contribution in [0.1, 0.15) is 64.4 Å². The number of nitrogens with one attached hydrogen (secondary N) is 3. The van der Waals surface area contributed by atoms with E-state index < -0.39 is 5.41 Å². The largest absolute Gasteiger partial charge is 0.378 e. The molecule has 0 bridgehead atoms. The summed E-state index contributed by atoms with van der Waals surface area (Å²) in [6.45, 7) is 6.33. The summed E-state index contributed by atoms with van der Waals surface area (Å²) in [6, 6.07) is 13.7. The molecule has 2 unspecified atom stereocenters. The van der Waals surface area contributed by atoms with E-state index in [9.17, 15) is 19.6 Å². The molecular formula is C35H45N7O3. The van der Waals surface area contributed by atoms with Crippen LogP contribution in [0.25, 0.3) is 5.70 Å². The Balaban J connectivity index is 1.56. The molecule has 1 saturated carbocycles. The van der Waals surface area contributed by atoms with E-state index in [-0.39, 0.29) is 42.4 Å². The summed E-state index contributed by atoms with van der Waals surface area (Å²) in [4.78, 5) is 46.0. The molecule has 3 amide bonds. The van der Waals surface area contributed by atoms with Crippen molar-refractivity contribution in [2.45, 2.75) is 62.6 Å². The van der Waals surface area contributed by atoms with E-state index in [1.165, 1.54) is 0 Å². The number of amides is 3. The number of fused-ring (bicyclic) bond motifs is 3. The molecule has 45 heavy (non-hydrogen) atoms. The van der Waals surface area contributed by atoms with Gasteiger partial charge in [-0.25, -0.2) is 5.43 Å². The molecular weight excluding hydrogens is 566 g/mol. The van der Waals surface area contributed by atoms with Crippen molar-refractivity contribution >= 4 is 23.4 Å². The Bertz CT molecular complexity index is 1490. The maximum atomic E-state index is 14.5. The first-order valence-electron chi connectivity index (χ1n) is 15.7. The van der Waals surface area contributed by atoms with Crippen LogP contribution in [-0.2, 0) is 27.8 Å². The summed E-state index contributed by atoms with van der Waals surface area (Å²) in [6.07, 6.45) is 3.41. The fraction of sp³-hybridized carbons (Fsp3) is 0.486. The highest BCUT2D eigenvalue weighted by Crippen LogP contribution is 2.48. The number of carbonyl (C=O) groups is 3. The Morgan fingerprint density at radius 2 is 1.64 bits per heavy atom. The van der Waals surface area contributed by atoms with Gasteiger partial charge in [-0.2, -0.15) is 5.26 Å². The van der Waals surface area contributed by atoms with Crippen molar-refractivity contribution in [2.75, 3.05) is 41.8 Å². The predicted octanol–water partition coefficient (Wildman–Crippen LogP) is 2.44. The number of likely N-dealkylation sites (tertiary alicyclic amines) is 1. The number of piperidine rings is 1. The lowest BCUT2D eigenvalue weighted by atomic mass is 9.67. The molecule has 10 nitrogen and oxygen atoms in total. The minimum absolute atomic E-state index is 0.0764. The zero-order chi connectivity index (χ0) is 32.6. The molecule has 2 aromatic rings. The smallest absolute Gasteiger partial charge is 0.253 e. The van der Waals surface area contributed by atoms with Crippen molar-refractivity contribution in [2.24, 2.45) is 5.92 Å². The van der Waals surface area contributed by atoms with Gasteiger partial charge >= 0.3 is 0 Å². The lowest BCUT2D eigenvalue weighted by Crippen LogP contribution is -2.53. The second-order valence-electron chi connectivity index (χ2n) is 13.1. The van der Waals surface area contributed by atoms with Gasteiger partial charge in [0, 0.05) is 58.6 Å². The highest BCUT2D eigenvalue weighted by Gasteiger charge is 2.54. The molecule has 5 atom stereocenters. The number of hydrazine groups is 1. The second-order valence-corrected chi connectivity index (χ2v) is 13.1. The van der Waals surface area contributed by atoms with Crippen molar-refractivity contribution in [1.82, 2.24) is 30.9 Å². The van der Waals surface area contributed by atoms with E-state index >= 15 is 0 Å². The van der Waals surface area contributed by atoms with Gasteiger partial charge in [0.15, 0.2) is 0 Å². The topological polar surface area (TPSA) is 121 Å². The third kappa shape index (κ3) is 5.95. The van der Waals surface area contributed by atoms with Gasteiger partial charge in [-0.3, -0.25) is 19.8 Å². The molecule has 3 aliphatic rings. The predicted molar refractivity (Wildman–Crippen MR) is 174 cm³/mol. The van der Waals surface area contributed by atoms with Crippen LogP contribution in [0.2, 0.25) is 0 Å². The average molecular weight is 612 g/mol. The van der Waals surface area contributed by atoms with E-state index in [2.05, 4.69) is 34.9 Å². The van der Waals surface area contributed by atoms with Crippen molar-refractivity contribution in [3.63, 3.8) is 0 Å². The summed E-state index contributed by atoms with van der Waals surface area (Å²) in [5.74, 6) is 0.0531. The van der Waals surface area contributed by atoms with Crippen molar-refractivity contribution in [3.8, 4) is 6.07 Å². The fourth-order valence-electron chi connectivity index (χ4n) is 7.27. The van der Waals surface area contributed by atoms with Gasteiger partial charge in [0.05, 0.1) is 12.6 Å². The summed E-state index contributed by atoms with van der Waals surface area (Å²) >= 11 is 0. The van der Waals surface area contributed by atoms with E-state index in [4.69, 9.17) is 0 Å². The molecule has 5 rings (SSSR count). The molecule has 1 heterocycles. The number of carbonyl (C=O) groups excluding carboxylic acids is 3. The summed E-state index contributed by atoms with van der Waals surface area (Å²) < 4.78 is 0. The molecule has 10 heteroatoms. The Kier molecular flexibility index (Phi) is 9.06. The number of hydrogen-bond donors (Lipinski definition) is 3. The zero-order valence-corrected chi connectivity index (χ0v) is 27.2. The van der Waals surface area contributed by atoms with E-state index in [1.807, 2.05) is 50.2 Å². The van der Waals surface area contributed by atoms with Crippen LogP contribution in [0.3, 0.4) is 0 Å². The molecule has 238 valence electrons. The first-order valence-corrected chi connectivity index (χ1v) is 15.7. The van der Waals surface area contributed by atoms with Crippen LogP contribution in [0.5, 0.6) is 0 Å². The van der Waals surface area contributed by atoms with E-state index in [1.54, 1.807) is 37.0 Å². The van der Waals surface area contributed by atoms with Crippen LogP contribution in [-0.4, -0.2) is 92.3 Å². The highest BCUT2D eigenvalue weighted by molar-refractivity contribution is 5.96. The molecule has 2 aromatic carbocycles. The quantitative estimate of drug-likeness (QED) is 0.353. The first-order chi connectivity index (χ1) is 21.4. The Morgan fingerprint density at radius 1 is 1.02 bits per heavy atom. The monoisotopic (exact) mass is 611 g/mol. The fourth-order valence-corrected chi connectivity index (χ4v) is 7.27. The zero-order valence-electron chi connectivity index (χ0n) is 27.2. The number of hydrogen-bond acceptors (Lipinski definition) is 7. The molecule has 0 radical (unpaired) electrons. The number of benzene rings is 2. The molecule has 0 aromatic heterocycles. The molecule has 1 saturated heterocycles. The molecule has 2 aliphatic carbocycles. The van der Waals surface area contributed by atoms with Gasteiger partial charge in [-0.1, -0.05) is 24.8 Å². The minimum Gasteiger partial charge on any atom is -0.378 e. The minimum atomic E-state index is -1.14. The van der Waals surface area contributed by atoms with Crippen LogP contribution >= 0.6 is 0 Å². The van der Waals surface area contributed by atoms with Gasteiger partial charge in [0.2, 0.25) is 11.8 Å². The number of aryl methyl sites for hydroxylation is 2. The molecule has 3 N–H and O–H groups in total. The maximum Gasteiger partial charge on any atom is 0.253 e. The summed E-state index contributed by atoms with van der Waals surface area (Å²) in [5.41, 5.74) is 10.7. The first kappa shape index (κ1) is 32.2. The third-order valence-electron chi connectivity index (χ3n) is 9.70. The third-order valence-corrected chi connectivity index (χ3v) is 9.70. The van der Waals surface area contributed by atoms with Gasteiger partial charge in [-0.15, -0.1) is 0 Å². The Morgan fingerprint density at radius 3 is 2.22 bits per heavy atom. The number of nitrogens with zero attached hydrogens (tertiary/aromatic N) is 4. The van der Waals surface area contributed by atoms with E-state index in [0.29, 0.717) is 30.7 Å². The van der Waals surface area contributed by atoms with Crippen molar-refractivity contribution in [1.29, 1.82) is 5.26 Å². The lowest BCUT2D eigenvalue weighted by molar-refractivity contribution is -0.131. The van der Waals surface area contributed by atoms with Crippen molar-refractivity contribution in [3.05, 3.63) is 76.4 Å². The number of nitriles is 1. The summed E-state index contributed by atoms with van der Waals surface area (Å²) in [5, 5.41) is 13.0. The Labute approximate surface area is 266 Å². The van der Waals surface area contributed by atoms with Gasteiger partial charge in [-0.05, 0) is 91.0 Å². The molecule has 2 fully saturated rings. The van der Waals surface area contributed by atoms with Gasteiger partial charge in [0.1, 0.15) is 11.5 Å². The standard InChI is InChI=1S/C35H45N7O3/c1-21(38-20-32(43)42-28(19-36)16-27-17-31(27)42)18-35(34(45)39-37-3)29-12-10-23(22(2)40(4)5)14-24(29)8-9-25-15-26(11-13-30(25)35)33(44)41(6)7/h10-15,21,27-28,31,37-38H,2,8-9,16-18,20H2,1,3-7H3,(H,39,45)/t21-,27-,28?,31+,35?/m1/s1.